The summed E-state index contributed by atoms with van der Waals surface area (Å²) in [6, 6.07) is 28.2. The maximum absolute atomic E-state index is 12.9. The van der Waals surface area contributed by atoms with Crippen LogP contribution in [0.4, 0.5) is 5.69 Å². The number of nitrogens with zero attached hydrogens (tertiary/aromatic N) is 1. The molecule has 0 fully saturated rings. The Balaban J connectivity index is 1.71. The van der Waals surface area contributed by atoms with Crippen LogP contribution in [-0.2, 0) is 11.4 Å². The molecule has 0 aliphatic heterocycles. The fourth-order valence-electron chi connectivity index (χ4n) is 3.37. The van der Waals surface area contributed by atoms with Gasteiger partial charge in [0.2, 0.25) is 0 Å². The molecule has 1 amide bonds. The van der Waals surface area contributed by atoms with Gasteiger partial charge in [-0.3, -0.25) is 4.79 Å². The molecular weight excluding hydrogens is 455 g/mol. The van der Waals surface area contributed by atoms with Gasteiger partial charge < -0.3 is 10.1 Å². The van der Waals surface area contributed by atoms with Gasteiger partial charge in [0.1, 0.15) is 24.0 Å². The van der Waals surface area contributed by atoms with Crippen molar-refractivity contribution in [3.8, 4) is 11.8 Å². The number of hydrogen-bond acceptors (Lipinski definition) is 3. The first-order valence-corrected chi connectivity index (χ1v) is 10.9. The highest BCUT2D eigenvalue weighted by atomic mass is 35.5. The number of hydrogen-bond donors (Lipinski definition) is 1. The summed E-state index contributed by atoms with van der Waals surface area (Å²) >= 11 is 12.2. The van der Waals surface area contributed by atoms with E-state index in [0.29, 0.717) is 28.6 Å². The number of rotatable bonds is 6. The number of anilines is 1. The standard InChI is InChI=1S/C27H18Cl2N2O2/c28-23-11-6-12-24(26(23)29)31-27(32)20(16-30)15-22-21-10-5-4-9-19(21)13-14-25(22)33-17-18-7-2-1-3-8-18/h1-15H,17H2,(H,31,32)/b20-15+. The van der Waals surface area contributed by atoms with E-state index in [2.05, 4.69) is 5.32 Å². The summed E-state index contributed by atoms with van der Waals surface area (Å²) in [4.78, 5) is 12.9. The molecule has 0 saturated heterocycles. The van der Waals surface area contributed by atoms with Crippen molar-refractivity contribution in [2.45, 2.75) is 6.61 Å². The number of carbonyl (C=O) groups excluding carboxylic acids is 1. The Morgan fingerprint density at radius 2 is 1.70 bits per heavy atom. The monoisotopic (exact) mass is 472 g/mol. The fourth-order valence-corrected chi connectivity index (χ4v) is 3.72. The topological polar surface area (TPSA) is 62.1 Å². The van der Waals surface area contributed by atoms with Crippen LogP contribution in [0.2, 0.25) is 10.0 Å². The van der Waals surface area contributed by atoms with Crippen LogP contribution in [0.5, 0.6) is 5.75 Å². The summed E-state index contributed by atoms with van der Waals surface area (Å²) < 4.78 is 6.09. The van der Waals surface area contributed by atoms with Crippen molar-refractivity contribution >= 4 is 51.6 Å². The smallest absolute Gasteiger partial charge is 0.266 e. The third kappa shape index (κ3) is 5.18. The first-order valence-electron chi connectivity index (χ1n) is 10.1. The minimum absolute atomic E-state index is 0.0908. The van der Waals surface area contributed by atoms with E-state index in [4.69, 9.17) is 27.9 Å². The van der Waals surface area contributed by atoms with Crippen LogP contribution in [0.25, 0.3) is 16.8 Å². The molecule has 0 atom stereocenters. The molecular formula is C27H18Cl2N2O2. The molecule has 4 aromatic carbocycles. The average molecular weight is 473 g/mol. The molecule has 1 N–H and O–H groups in total. The molecule has 0 heterocycles. The Morgan fingerprint density at radius 3 is 2.48 bits per heavy atom. The normalized spacial score (nSPS) is 11.1. The third-order valence-corrected chi connectivity index (χ3v) is 5.84. The van der Waals surface area contributed by atoms with Crippen molar-refractivity contribution in [2.75, 3.05) is 5.32 Å². The second kappa shape index (κ2) is 10.2. The second-order valence-electron chi connectivity index (χ2n) is 7.20. The molecule has 4 rings (SSSR count). The number of ether oxygens (including phenoxy) is 1. The van der Waals surface area contributed by atoms with Crippen LogP contribution in [0.3, 0.4) is 0 Å². The molecule has 6 heteroatoms. The van der Waals surface area contributed by atoms with Crippen LogP contribution < -0.4 is 10.1 Å². The van der Waals surface area contributed by atoms with E-state index >= 15 is 0 Å². The molecule has 0 unspecified atom stereocenters. The van der Waals surface area contributed by atoms with Crippen LogP contribution in [-0.4, -0.2) is 5.91 Å². The van der Waals surface area contributed by atoms with Crippen LogP contribution in [0.1, 0.15) is 11.1 Å². The highest BCUT2D eigenvalue weighted by Gasteiger charge is 2.15. The van der Waals surface area contributed by atoms with Crippen molar-refractivity contribution in [2.24, 2.45) is 0 Å². The zero-order chi connectivity index (χ0) is 23.2. The molecule has 4 aromatic rings. The summed E-state index contributed by atoms with van der Waals surface area (Å²) in [6.45, 7) is 0.353. The van der Waals surface area contributed by atoms with Gasteiger partial charge in [-0.2, -0.15) is 5.26 Å². The number of amides is 1. The van der Waals surface area contributed by atoms with Crippen LogP contribution in [0, 0.1) is 11.3 Å². The molecule has 0 aliphatic rings. The van der Waals surface area contributed by atoms with Gasteiger partial charge in [0, 0.05) is 5.56 Å². The number of benzene rings is 4. The third-order valence-electron chi connectivity index (χ3n) is 5.02. The van der Waals surface area contributed by atoms with Crippen LogP contribution >= 0.6 is 23.2 Å². The Kier molecular flexibility index (Phi) is 6.95. The lowest BCUT2D eigenvalue weighted by Gasteiger charge is -2.13. The van der Waals surface area contributed by atoms with Crippen LogP contribution in [0.15, 0.2) is 90.5 Å². The number of carbonyl (C=O) groups is 1. The molecule has 0 spiro atoms. The molecule has 162 valence electrons. The lowest BCUT2D eigenvalue weighted by atomic mass is 10.0. The van der Waals surface area contributed by atoms with Crippen molar-refractivity contribution in [1.29, 1.82) is 5.26 Å². The van der Waals surface area contributed by atoms with Gasteiger partial charge in [0.15, 0.2) is 0 Å². The summed E-state index contributed by atoms with van der Waals surface area (Å²) in [5.74, 6) is -0.0255. The highest BCUT2D eigenvalue weighted by Crippen LogP contribution is 2.32. The number of fused-ring (bicyclic) bond motifs is 1. The van der Waals surface area contributed by atoms with Gasteiger partial charge in [0.05, 0.1) is 15.7 Å². The largest absolute Gasteiger partial charge is 0.488 e. The van der Waals surface area contributed by atoms with E-state index in [0.717, 1.165) is 16.3 Å². The number of nitrogens with one attached hydrogen (secondary N) is 1. The van der Waals surface area contributed by atoms with Crippen molar-refractivity contribution in [1.82, 2.24) is 0 Å². The average Bonchev–Trinajstić information content (AvgIpc) is 2.85. The van der Waals surface area contributed by atoms with E-state index in [-0.39, 0.29) is 10.6 Å². The first-order chi connectivity index (χ1) is 16.1. The lowest BCUT2D eigenvalue weighted by molar-refractivity contribution is -0.112. The van der Waals surface area contributed by atoms with E-state index in [1.54, 1.807) is 18.2 Å². The van der Waals surface area contributed by atoms with E-state index < -0.39 is 5.91 Å². The minimum Gasteiger partial charge on any atom is -0.488 e. The number of nitriles is 1. The summed E-state index contributed by atoms with van der Waals surface area (Å²) in [5, 5.41) is 14.8. The highest BCUT2D eigenvalue weighted by molar-refractivity contribution is 6.44. The Hall–Kier alpha value is -3.78. The summed E-state index contributed by atoms with van der Waals surface area (Å²) in [7, 11) is 0. The van der Waals surface area contributed by atoms with Gasteiger partial charge in [-0.25, -0.2) is 0 Å². The quantitative estimate of drug-likeness (QED) is 0.237. The Bertz CT molecular complexity index is 1390. The SMILES string of the molecule is N#C/C(=C\c1c(OCc2ccccc2)ccc2ccccc12)C(=O)Nc1cccc(Cl)c1Cl. The van der Waals surface area contributed by atoms with E-state index in [1.807, 2.05) is 72.8 Å². The molecule has 0 saturated carbocycles. The zero-order valence-electron chi connectivity index (χ0n) is 17.4. The predicted molar refractivity (Wildman–Crippen MR) is 133 cm³/mol. The molecule has 33 heavy (non-hydrogen) atoms. The van der Waals surface area contributed by atoms with Gasteiger partial charge in [-0.05, 0) is 40.6 Å². The summed E-state index contributed by atoms with van der Waals surface area (Å²) in [5.41, 5.74) is 1.89. The fraction of sp³-hybridized carbons (Fsp3) is 0.0370. The maximum atomic E-state index is 12.9. The molecule has 4 nitrogen and oxygen atoms in total. The molecule has 0 aliphatic carbocycles. The lowest BCUT2D eigenvalue weighted by Crippen LogP contribution is -2.14. The Labute approximate surface area is 201 Å². The molecule has 0 aromatic heterocycles. The second-order valence-corrected chi connectivity index (χ2v) is 7.98. The van der Waals surface area contributed by atoms with Gasteiger partial charge in [-0.1, -0.05) is 89.9 Å². The first kappa shape index (κ1) is 22.4. The van der Waals surface area contributed by atoms with Crippen molar-refractivity contribution in [3.63, 3.8) is 0 Å². The molecule has 0 bridgehead atoms. The van der Waals surface area contributed by atoms with E-state index in [1.165, 1.54) is 6.08 Å². The van der Waals surface area contributed by atoms with Gasteiger partial charge >= 0.3 is 0 Å². The predicted octanol–water partition coefficient (Wildman–Crippen LogP) is 7.27. The number of halogens is 2. The summed E-state index contributed by atoms with van der Waals surface area (Å²) in [6.07, 6.45) is 1.54. The molecule has 0 radical (unpaired) electrons. The van der Waals surface area contributed by atoms with Gasteiger partial charge in [0.25, 0.3) is 5.91 Å². The van der Waals surface area contributed by atoms with E-state index in [9.17, 15) is 10.1 Å². The zero-order valence-corrected chi connectivity index (χ0v) is 18.9. The minimum atomic E-state index is -0.594. The van der Waals surface area contributed by atoms with Crippen molar-refractivity contribution < 1.29 is 9.53 Å². The van der Waals surface area contributed by atoms with Gasteiger partial charge in [-0.15, -0.1) is 0 Å². The Morgan fingerprint density at radius 1 is 0.939 bits per heavy atom. The maximum Gasteiger partial charge on any atom is 0.266 e. The van der Waals surface area contributed by atoms with Crippen molar-refractivity contribution in [3.05, 3.63) is 112 Å².